The van der Waals surface area contributed by atoms with Crippen molar-refractivity contribution in [3.63, 3.8) is 0 Å². The summed E-state index contributed by atoms with van der Waals surface area (Å²) < 4.78 is 6.13. The highest BCUT2D eigenvalue weighted by atomic mass is 16.6. The van der Waals surface area contributed by atoms with Gasteiger partial charge in [-0.1, -0.05) is 6.07 Å². The van der Waals surface area contributed by atoms with Crippen molar-refractivity contribution in [2.75, 3.05) is 7.11 Å². The number of aryl methyl sites for hydroxylation is 2. The highest BCUT2D eigenvalue weighted by molar-refractivity contribution is 5.47. The molecule has 1 heterocycles. The largest absolute Gasteiger partial charge is 0.487 e. The molecule has 18 heavy (non-hydrogen) atoms. The van der Waals surface area contributed by atoms with Crippen molar-refractivity contribution in [3.05, 3.63) is 28.8 Å². The molecule has 0 aromatic heterocycles. The molecule has 3 rings (SSSR count). The topological polar surface area (TPSA) is 30.5 Å². The summed E-state index contributed by atoms with van der Waals surface area (Å²) in [5.74, 6) is 1.03. The Morgan fingerprint density at radius 1 is 1.28 bits per heavy atom. The molecule has 1 aromatic carbocycles. The van der Waals surface area contributed by atoms with Crippen molar-refractivity contribution < 1.29 is 9.57 Å². The number of fused-ring (bicyclic) bond motifs is 2. The molecule has 1 aliphatic carbocycles. The van der Waals surface area contributed by atoms with Gasteiger partial charge in [-0.15, -0.1) is 0 Å². The first-order valence-electron chi connectivity index (χ1n) is 6.72. The minimum absolute atomic E-state index is 0.143. The van der Waals surface area contributed by atoms with E-state index in [1.165, 1.54) is 36.0 Å². The number of ether oxygens (including phenoxy) is 1. The lowest BCUT2D eigenvalue weighted by Gasteiger charge is -2.38. The Bertz CT molecular complexity index is 468. The summed E-state index contributed by atoms with van der Waals surface area (Å²) in [6.45, 7) is 4.26. The Labute approximate surface area is 108 Å². The average molecular weight is 247 g/mol. The quantitative estimate of drug-likeness (QED) is 0.815. The van der Waals surface area contributed by atoms with Crippen LogP contribution in [0.3, 0.4) is 0 Å². The Hall–Kier alpha value is -1.06. The summed E-state index contributed by atoms with van der Waals surface area (Å²) in [5, 5.41) is 0. The summed E-state index contributed by atoms with van der Waals surface area (Å²) in [4.78, 5) is 5.15. The molecule has 1 aliphatic heterocycles. The fourth-order valence-corrected chi connectivity index (χ4v) is 3.17. The summed E-state index contributed by atoms with van der Waals surface area (Å²) in [5.41, 5.74) is 7.16. The number of nitrogens with one attached hydrogen (secondary N) is 1. The van der Waals surface area contributed by atoms with Gasteiger partial charge in [-0.3, -0.25) is 0 Å². The first-order chi connectivity index (χ1) is 8.59. The first-order valence-corrected chi connectivity index (χ1v) is 6.72. The first kappa shape index (κ1) is 12.0. The van der Waals surface area contributed by atoms with Gasteiger partial charge in [-0.2, -0.15) is 5.48 Å². The van der Waals surface area contributed by atoms with Crippen molar-refractivity contribution in [2.45, 2.75) is 51.2 Å². The second-order valence-corrected chi connectivity index (χ2v) is 5.95. The molecule has 1 N–H and O–H groups in total. The predicted octanol–water partition coefficient (Wildman–Crippen LogP) is 2.93. The second kappa shape index (κ2) is 4.25. The third-order valence-corrected chi connectivity index (χ3v) is 3.94. The van der Waals surface area contributed by atoms with Gasteiger partial charge in [-0.25, -0.2) is 0 Å². The Balaban J connectivity index is 2.03. The van der Waals surface area contributed by atoms with Crippen LogP contribution in [0.4, 0.5) is 0 Å². The van der Waals surface area contributed by atoms with Gasteiger partial charge < -0.3 is 9.57 Å². The SMILES string of the molecule is CONC1CC(C)(C)Oc2cc3c(cc21)CCC3. The van der Waals surface area contributed by atoms with E-state index >= 15 is 0 Å². The van der Waals surface area contributed by atoms with Crippen LogP contribution in [0.1, 0.15) is 49.4 Å². The summed E-state index contributed by atoms with van der Waals surface area (Å²) in [6.07, 6.45) is 4.58. The highest BCUT2D eigenvalue weighted by Crippen LogP contribution is 2.42. The molecule has 3 heteroatoms. The third-order valence-electron chi connectivity index (χ3n) is 3.94. The van der Waals surface area contributed by atoms with E-state index in [9.17, 15) is 0 Å². The molecule has 1 unspecified atom stereocenters. The lowest BCUT2D eigenvalue weighted by Crippen LogP contribution is -2.39. The van der Waals surface area contributed by atoms with Crippen LogP contribution in [0, 0.1) is 0 Å². The summed E-state index contributed by atoms with van der Waals surface area (Å²) in [7, 11) is 1.68. The average Bonchev–Trinajstić information content (AvgIpc) is 2.72. The van der Waals surface area contributed by atoms with Crippen LogP contribution in [0.5, 0.6) is 5.75 Å². The molecule has 0 amide bonds. The van der Waals surface area contributed by atoms with E-state index in [4.69, 9.17) is 9.57 Å². The third kappa shape index (κ3) is 2.02. The Morgan fingerprint density at radius 3 is 2.72 bits per heavy atom. The van der Waals surface area contributed by atoms with Gasteiger partial charge >= 0.3 is 0 Å². The van der Waals surface area contributed by atoms with Gasteiger partial charge in [-0.05, 0) is 50.3 Å². The molecule has 3 nitrogen and oxygen atoms in total. The van der Waals surface area contributed by atoms with Crippen LogP contribution in [-0.2, 0) is 17.7 Å². The molecule has 1 atom stereocenters. The number of rotatable bonds is 2. The maximum absolute atomic E-state index is 6.13. The molecule has 98 valence electrons. The van der Waals surface area contributed by atoms with E-state index in [2.05, 4.69) is 31.5 Å². The standard InChI is InChI=1S/C15H21NO2/c1-15(2)9-13(16-17-3)12-7-10-5-4-6-11(10)8-14(12)18-15/h7-8,13,16H,4-6,9H2,1-3H3. The highest BCUT2D eigenvalue weighted by Gasteiger charge is 2.34. The normalized spacial score (nSPS) is 24.3. The van der Waals surface area contributed by atoms with Crippen LogP contribution in [0.25, 0.3) is 0 Å². The fourth-order valence-electron chi connectivity index (χ4n) is 3.17. The minimum Gasteiger partial charge on any atom is -0.487 e. The molecule has 0 bridgehead atoms. The van der Waals surface area contributed by atoms with Crippen LogP contribution in [-0.4, -0.2) is 12.7 Å². The molecule has 0 spiro atoms. The second-order valence-electron chi connectivity index (χ2n) is 5.95. The van der Waals surface area contributed by atoms with E-state index in [1.807, 2.05) is 0 Å². The predicted molar refractivity (Wildman–Crippen MR) is 70.7 cm³/mol. The monoisotopic (exact) mass is 247 g/mol. The van der Waals surface area contributed by atoms with Gasteiger partial charge in [0.2, 0.25) is 0 Å². The van der Waals surface area contributed by atoms with Crippen LogP contribution in [0.2, 0.25) is 0 Å². The zero-order chi connectivity index (χ0) is 12.8. The van der Waals surface area contributed by atoms with E-state index in [0.717, 1.165) is 12.2 Å². The number of hydrogen-bond donors (Lipinski definition) is 1. The molecular weight excluding hydrogens is 226 g/mol. The maximum atomic E-state index is 6.13. The molecule has 2 aliphatic rings. The molecule has 1 aromatic rings. The Morgan fingerprint density at radius 2 is 2.00 bits per heavy atom. The zero-order valence-corrected chi connectivity index (χ0v) is 11.4. The molecule has 0 saturated carbocycles. The molecule has 0 saturated heterocycles. The van der Waals surface area contributed by atoms with Crippen molar-refractivity contribution >= 4 is 0 Å². The lowest BCUT2D eigenvalue weighted by atomic mass is 9.88. The van der Waals surface area contributed by atoms with Gasteiger partial charge in [0.1, 0.15) is 11.4 Å². The Kier molecular flexibility index (Phi) is 2.83. The van der Waals surface area contributed by atoms with Crippen LogP contribution < -0.4 is 10.2 Å². The molecule has 0 fully saturated rings. The van der Waals surface area contributed by atoms with Gasteiger partial charge in [0, 0.05) is 12.0 Å². The smallest absolute Gasteiger partial charge is 0.125 e. The van der Waals surface area contributed by atoms with Crippen molar-refractivity contribution in [1.82, 2.24) is 5.48 Å². The number of hydroxylamine groups is 1. The van der Waals surface area contributed by atoms with E-state index < -0.39 is 0 Å². The van der Waals surface area contributed by atoms with Crippen molar-refractivity contribution in [1.29, 1.82) is 0 Å². The van der Waals surface area contributed by atoms with Crippen molar-refractivity contribution in [3.8, 4) is 5.75 Å². The van der Waals surface area contributed by atoms with E-state index in [1.54, 1.807) is 7.11 Å². The summed E-state index contributed by atoms with van der Waals surface area (Å²) in [6, 6.07) is 4.77. The lowest BCUT2D eigenvalue weighted by molar-refractivity contribution is 0.00292. The number of benzene rings is 1. The zero-order valence-electron chi connectivity index (χ0n) is 11.4. The van der Waals surface area contributed by atoms with Crippen LogP contribution >= 0.6 is 0 Å². The van der Waals surface area contributed by atoms with E-state index in [0.29, 0.717) is 0 Å². The number of hydrogen-bond acceptors (Lipinski definition) is 3. The molecule has 0 radical (unpaired) electrons. The minimum atomic E-state index is -0.143. The molecular formula is C15H21NO2. The van der Waals surface area contributed by atoms with Gasteiger partial charge in [0.05, 0.1) is 13.2 Å². The van der Waals surface area contributed by atoms with Crippen molar-refractivity contribution in [2.24, 2.45) is 0 Å². The van der Waals surface area contributed by atoms with E-state index in [-0.39, 0.29) is 11.6 Å². The van der Waals surface area contributed by atoms with Crippen LogP contribution in [0.15, 0.2) is 12.1 Å². The summed E-state index contributed by atoms with van der Waals surface area (Å²) >= 11 is 0. The van der Waals surface area contributed by atoms with Gasteiger partial charge in [0.15, 0.2) is 0 Å². The fraction of sp³-hybridized carbons (Fsp3) is 0.600. The maximum Gasteiger partial charge on any atom is 0.125 e. The van der Waals surface area contributed by atoms with Gasteiger partial charge in [0.25, 0.3) is 0 Å².